The number of methoxy groups -OCH3 is 1. The van der Waals surface area contributed by atoms with Crippen LogP contribution in [0.1, 0.15) is 23.7 Å². The molecule has 0 aromatic carbocycles. The summed E-state index contributed by atoms with van der Waals surface area (Å²) in [6.07, 6.45) is 0.181. The monoisotopic (exact) mass is 237 g/mol. The molecule has 4 heteroatoms. The Morgan fingerprint density at radius 3 is 2.71 bits per heavy atom. The summed E-state index contributed by atoms with van der Waals surface area (Å²) in [7, 11) is 3.66. The molecule has 1 unspecified atom stereocenters. The van der Waals surface area contributed by atoms with Gasteiger partial charge in [-0.25, -0.2) is 4.98 Å². The maximum atomic E-state index is 5.23. The molecule has 17 heavy (non-hydrogen) atoms. The Kier molecular flexibility index (Phi) is 5.38. The number of hydrogen-bond acceptors (Lipinski definition) is 4. The van der Waals surface area contributed by atoms with Gasteiger partial charge in [-0.3, -0.25) is 0 Å². The van der Waals surface area contributed by atoms with Crippen LogP contribution >= 0.6 is 0 Å². The zero-order valence-electron chi connectivity index (χ0n) is 11.4. The Bertz CT molecular complexity index is 366. The number of aromatic nitrogens is 1. The van der Waals surface area contributed by atoms with Crippen LogP contribution in [0.2, 0.25) is 0 Å². The van der Waals surface area contributed by atoms with Crippen LogP contribution in [-0.4, -0.2) is 31.8 Å². The molecule has 0 fully saturated rings. The van der Waals surface area contributed by atoms with Crippen molar-refractivity contribution < 1.29 is 4.74 Å². The molecule has 0 aliphatic rings. The number of pyridine rings is 1. The van der Waals surface area contributed by atoms with Crippen LogP contribution in [-0.2, 0) is 11.3 Å². The van der Waals surface area contributed by atoms with E-state index in [1.165, 1.54) is 11.1 Å². The average molecular weight is 237 g/mol. The number of ether oxygens (including phenoxy) is 1. The lowest BCUT2D eigenvalue weighted by atomic mass is 10.1. The van der Waals surface area contributed by atoms with Gasteiger partial charge in [0.1, 0.15) is 5.82 Å². The summed E-state index contributed by atoms with van der Waals surface area (Å²) >= 11 is 0. The van der Waals surface area contributed by atoms with E-state index >= 15 is 0 Å². The molecule has 0 aliphatic heterocycles. The molecule has 2 N–H and O–H groups in total. The van der Waals surface area contributed by atoms with E-state index in [-0.39, 0.29) is 6.10 Å². The molecule has 96 valence electrons. The van der Waals surface area contributed by atoms with Crippen molar-refractivity contribution >= 4 is 5.82 Å². The molecule has 1 heterocycles. The smallest absolute Gasteiger partial charge is 0.131 e. The van der Waals surface area contributed by atoms with Crippen LogP contribution in [0, 0.1) is 13.8 Å². The van der Waals surface area contributed by atoms with Gasteiger partial charge in [-0.1, -0.05) is 0 Å². The van der Waals surface area contributed by atoms with Crippen molar-refractivity contribution in [2.24, 2.45) is 0 Å². The molecule has 0 spiro atoms. The van der Waals surface area contributed by atoms with Crippen molar-refractivity contribution in [3.8, 4) is 0 Å². The van der Waals surface area contributed by atoms with Crippen molar-refractivity contribution in [1.82, 2.24) is 10.3 Å². The van der Waals surface area contributed by atoms with E-state index in [0.29, 0.717) is 0 Å². The first-order valence-corrected chi connectivity index (χ1v) is 5.96. The van der Waals surface area contributed by atoms with Crippen LogP contribution in [0.25, 0.3) is 0 Å². The molecule has 0 aliphatic carbocycles. The van der Waals surface area contributed by atoms with Gasteiger partial charge in [0.25, 0.3) is 0 Å². The number of hydrogen-bond donors (Lipinski definition) is 2. The van der Waals surface area contributed by atoms with Crippen molar-refractivity contribution in [1.29, 1.82) is 0 Å². The second-order valence-electron chi connectivity index (χ2n) is 4.37. The summed E-state index contributed by atoms with van der Waals surface area (Å²) in [5.41, 5.74) is 3.52. The Hall–Kier alpha value is -1.13. The molecule has 1 aromatic heterocycles. The summed E-state index contributed by atoms with van der Waals surface area (Å²) in [6, 6.07) is 2.11. The summed E-state index contributed by atoms with van der Waals surface area (Å²) in [6.45, 7) is 7.76. The Balaban J connectivity index is 2.87. The number of rotatable bonds is 6. The van der Waals surface area contributed by atoms with Crippen LogP contribution in [0.15, 0.2) is 6.07 Å². The van der Waals surface area contributed by atoms with Gasteiger partial charge in [0, 0.05) is 31.5 Å². The maximum absolute atomic E-state index is 5.23. The fourth-order valence-corrected chi connectivity index (χ4v) is 1.73. The van der Waals surface area contributed by atoms with E-state index in [4.69, 9.17) is 4.74 Å². The van der Waals surface area contributed by atoms with Crippen molar-refractivity contribution in [3.05, 3.63) is 22.9 Å². The molecule has 0 bridgehead atoms. The van der Waals surface area contributed by atoms with Gasteiger partial charge >= 0.3 is 0 Å². The third-order valence-electron chi connectivity index (χ3n) is 2.79. The molecule has 0 saturated heterocycles. The highest BCUT2D eigenvalue weighted by atomic mass is 16.5. The van der Waals surface area contributed by atoms with Gasteiger partial charge in [0.2, 0.25) is 0 Å². The lowest BCUT2D eigenvalue weighted by Crippen LogP contribution is -2.21. The van der Waals surface area contributed by atoms with Gasteiger partial charge in [-0.2, -0.15) is 0 Å². The van der Waals surface area contributed by atoms with Gasteiger partial charge < -0.3 is 15.4 Å². The topological polar surface area (TPSA) is 46.2 Å². The molecule has 1 aromatic rings. The highest BCUT2D eigenvalue weighted by Gasteiger charge is 2.09. The molecule has 1 atom stereocenters. The lowest BCUT2D eigenvalue weighted by Gasteiger charge is -2.16. The maximum Gasteiger partial charge on any atom is 0.131 e. The highest BCUT2D eigenvalue weighted by Crippen LogP contribution is 2.18. The molecule has 1 rings (SSSR count). The average Bonchev–Trinajstić information content (AvgIpc) is 2.29. The first kappa shape index (κ1) is 13.9. The molecule has 0 radical (unpaired) electrons. The standard InChI is InChI=1S/C13H23N3O/c1-9-6-10(2)16-13(12(9)8-14-4)15-7-11(3)17-5/h6,11,14H,7-8H2,1-5H3,(H,15,16). The van der Waals surface area contributed by atoms with Gasteiger partial charge in [-0.15, -0.1) is 0 Å². The fraction of sp³-hybridized carbons (Fsp3) is 0.615. The second-order valence-corrected chi connectivity index (χ2v) is 4.37. The van der Waals surface area contributed by atoms with Gasteiger partial charge in [0.05, 0.1) is 6.10 Å². The molecular weight excluding hydrogens is 214 g/mol. The SMILES string of the molecule is CNCc1c(C)cc(C)nc1NCC(C)OC. The van der Waals surface area contributed by atoms with Crippen molar-refractivity contribution in [2.75, 3.05) is 26.0 Å². The van der Waals surface area contributed by atoms with Crippen molar-refractivity contribution in [3.63, 3.8) is 0 Å². The zero-order valence-corrected chi connectivity index (χ0v) is 11.4. The van der Waals surface area contributed by atoms with E-state index in [2.05, 4.69) is 28.6 Å². The quantitative estimate of drug-likeness (QED) is 0.793. The fourth-order valence-electron chi connectivity index (χ4n) is 1.73. The summed E-state index contributed by atoms with van der Waals surface area (Å²) in [5, 5.41) is 6.53. The lowest BCUT2D eigenvalue weighted by molar-refractivity contribution is 0.128. The first-order chi connectivity index (χ1) is 8.08. The van der Waals surface area contributed by atoms with E-state index in [0.717, 1.165) is 24.6 Å². The van der Waals surface area contributed by atoms with E-state index in [9.17, 15) is 0 Å². The summed E-state index contributed by atoms with van der Waals surface area (Å²) < 4.78 is 5.23. The zero-order chi connectivity index (χ0) is 12.8. The van der Waals surface area contributed by atoms with Crippen molar-refractivity contribution in [2.45, 2.75) is 33.4 Å². The summed E-state index contributed by atoms with van der Waals surface area (Å²) in [5.74, 6) is 0.959. The molecule has 4 nitrogen and oxygen atoms in total. The Morgan fingerprint density at radius 2 is 2.12 bits per heavy atom. The van der Waals surface area contributed by atoms with E-state index < -0.39 is 0 Å². The van der Waals surface area contributed by atoms with E-state index in [1.54, 1.807) is 7.11 Å². The number of anilines is 1. The second kappa shape index (κ2) is 6.57. The minimum Gasteiger partial charge on any atom is -0.380 e. The van der Waals surface area contributed by atoms with Crippen LogP contribution in [0.4, 0.5) is 5.82 Å². The van der Waals surface area contributed by atoms with Crippen LogP contribution < -0.4 is 10.6 Å². The minimum absolute atomic E-state index is 0.181. The summed E-state index contributed by atoms with van der Waals surface area (Å²) in [4.78, 5) is 4.55. The van der Waals surface area contributed by atoms with Gasteiger partial charge in [-0.05, 0) is 39.4 Å². The number of nitrogens with zero attached hydrogens (tertiary/aromatic N) is 1. The van der Waals surface area contributed by atoms with E-state index in [1.807, 2.05) is 20.9 Å². The first-order valence-electron chi connectivity index (χ1n) is 5.96. The number of nitrogens with one attached hydrogen (secondary N) is 2. The van der Waals surface area contributed by atoms with Crippen LogP contribution in [0.3, 0.4) is 0 Å². The van der Waals surface area contributed by atoms with Gasteiger partial charge in [0.15, 0.2) is 0 Å². The third-order valence-corrected chi connectivity index (χ3v) is 2.79. The molecule has 0 saturated carbocycles. The highest BCUT2D eigenvalue weighted by molar-refractivity contribution is 5.49. The predicted octanol–water partition coefficient (Wildman–Crippen LogP) is 1.86. The minimum atomic E-state index is 0.181. The molecular formula is C13H23N3O. The Labute approximate surface area is 104 Å². The molecule has 0 amide bonds. The third kappa shape index (κ3) is 3.98. The normalized spacial score (nSPS) is 12.5. The predicted molar refractivity (Wildman–Crippen MR) is 71.4 cm³/mol. The largest absolute Gasteiger partial charge is 0.380 e. The number of aryl methyl sites for hydroxylation is 2. The Morgan fingerprint density at radius 1 is 1.41 bits per heavy atom. The van der Waals surface area contributed by atoms with Crippen LogP contribution in [0.5, 0.6) is 0 Å².